The lowest BCUT2D eigenvalue weighted by Crippen LogP contribution is -2.40. The Bertz CT molecular complexity index is 86.7. The lowest BCUT2D eigenvalue weighted by atomic mass is 9.89. The normalized spacial score (nSPS) is 34.8. The zero-order chi connectivity index (χ0) is 5.98. The summed E-state index contributed by atoms with van der Waals surface area (Å²) in [4.78, 5) is 0. The number of hydrogen-bond donors (Lipinski definition) is 2. The van der Waals surface area contributed by atoms with Crippen LogP contribution in [0.25, 0.3) is 0 Å². The summed E-state index contributed by atoms with van der Waals surface area (Å²) in [6.07, 6.45) is 4.28. The van der Waals surface area contributed by atoms with Crippen LogP contribution in [-0.4, -0.2) is 19.6 Å². The topological polar surface area (TPSA) is 38.0 Å². The van der Waals surface area contributed by atoms with Crippen LogP contribution in [0.5, 0.6) is 0 Å². The first-order chi connectivity index (χ1) is 3.88. The first kappa shape index (κ1) is 5.79. The van der Waals surface area contributed by atoms with Crippen molar-refractivity contribution in [3.8, 4) is 0 Å². The molecule has 46 valence electrons. The summed E-state index contributed by atoms with van der Waals surface area (Å²) >= 11 is 0. The second kappa shape index (κ2) is 2.29. The molecule has 0 aliphatic heterocycles. The molecule has 0 amide bonds. The second-order valence-corrected chi connectivity index (χ2v) is 2.10. The van der Waals surface area contributed by atoms with Gasteiger partial charge in [0.1, 0.15) is 0 Å². The van der Waals surface area contributed by atoms with Crippen molar-refractivity contribution in [2.24, 2.45) is 11.7 Å². The molecule has 2 heteroatoms. The summed E-state index contributed by atoms with van der Waals surface area (Å²) in [5, 5.41) is 3.14. The molecule has 0 saturated carbocycles. The van der Waals surface area contributed by atoms with Gasteiger partial charge in [0.25, 0.3) is 0 Å². The van der Waals surface area contributed by atoms with Crippen molar-refractivity contribution < 1.29 is 0 Å². The molecule has 2 unspecified atom stereocenters. The number of nitrogens with two attached hydrogens (primary N) is 1. The van der Waals surface area contributed by atoms with Gasteiger partial charge in [0.2, 0.25) is 0 Å². The Labute approximate surface area is 49.8 Å². The molecule has 0 heterocycles. The maximum atomic E-state index is 5.41. The second-order valence-electron chi connectivity index (χ2n) is 2.10. The maximum absolute atomic E-state index is 5.41. The van der Waals surface area contributed by atoms with E-state index in [2.05, 4.69) is 17.5 Å². The number of rotatable bonds is 2. The van der Waals surface area contributed by atoms with E-state index in [1.54, 1.807) is 0 Å². The van der Waals surface area contributed by atoms with Crippen molar-refractivity contribution in [3.05, 3.63) is 12.2 Å². The van der Waals surface area contributed by atoms with Gasteiger partial charge in [-0.15, -0.1) is 0 Å². The van der Waals surface area contributed by atoms with Crippen LogP contribution in [0, 0.1) is 5.92 Å². The zero-order valence-electron chi connectivity index (χ0n) is 5.09. The van der Waals surface area contributed by atoms with Crippen LogP contribution in [0.15, 0.2) is 12.2 Å². The lowest BCUT2D eigenvalue weighted by Gasteiger charge is -2.27. The van der Waals surface area contributed by atoms with Crippen molar-refractivity contribution in [2.75, 3.05) is 13.6 Å². The van der Waals surface area contributed by atoms with Crippen LogP contribution in [0.1, 0.15) is 0 Å². The molecule has 1 aliphatic rings. The van der Waals surface area contributed by atoms with Crippen LogP contribution in [-0.2, 0) is 0 Å². The van der Waals surface area contributed by atoms with Gasteiger partial charge in [-0.25, -0.2) is 0 Å². The van der Waals surface area contributed by atoms with E-state index >= 15 is 0 Å². The highest BCUT2D eigenvalue weighted by molar-refractivity contribution is 5.13. The average molecular weight is 112 g/mol. The minimum atomic E-state index is 0.542. The number of likely N-dealkylation sites (N-methyl/N-ethyl adjacent to an activating group) is 1. The van der Waals surface area contributed by atoms with E-state index in [0.29, 0.717) is 12.0 Å². The van der Waals surface area contributed by atoms with Crippen molar-refractivity contribution in [1.29, 1.82) is 0 Å². The van der Waals surface area contributed by atoms with Crippen LogP contribution >= 0.6 is 0 Å². The Morgan fingerprint density at radius 3 is 2.50 bits per heavy atom. The van der Waals surface area contributed by atoms with E-state index in [1.807, 2.05) is 7.05 Å². The predicted molar refractivity (Wildman–Crippen MR) is 34.5 cm³/mol. The van der Waals surface area contributed by atoms with Gasteiger partial charge in [0.05, 0.1) is 0 Å². The molecule has 8 heavy (non-hydrogen) atoms. The molecule has 0 bridgehead atoms. The van der Waals surface area contributed by atoms with Crippen molar-refractivity contribution >= 4 is 0 Å². The molecule has 0 radical (unpaired) electrons. The molecule has 1 aliphatic carbocycles. The van der Waals surface area contributed by atoms with Gasteiger partial charge in [0, 0.05) is 18.5 Å². The fraction of sp³-hybridized carbons (Fsp3) is 0.667. The molecule has 0 fully saturated rings. The SMILES string of the molecule is CNC1C=CC1CN. The standard InChI is InChI=1S/C6H12N2/c1-8-6-3-2-5(6)4-7/h2-3,5-6,8H,4,7H2,1H3. The molecule has 2 nitrogen and oxygen atoms in total. The summed E-state index contributed by atoms with van der Waals surface area (Å²) < 4.78 is 0. The Morgan fingerprint density at radius 1 is 1.62 bits per heavy atom. The lowest BCUT2D eigenvalue weighted by molar-refractivity contribution is 0.470. The highest BCUT2D eigenvalue weighted by Crippen LogP contribution is 2.14. The van der Waals surface area contributed by atoms with Gasteiger partial charge < -0.3 is 11.1 Å². The third-order valence-corrected chi connectivity index (χ3v) is 1.63. The minimum absolute atomic E-state index is 0.542. The summed E-state index contributed by atoms with van der Waals surface area (Å²) in [6, 6.07) is 0.542. The van der Waals surface area contributed by atoms with Crippen LogP contribution in [0.3, 0.4) is 0 Å². The highest BCUT2D eigenvalue weighted by atomic mass is 14.9. The molecule has 3 N–H and O–H groups in total. The van der Waals surface area contributed by atoms with Crippen molar-refractivity contribution in [2.45, 2.75) is 6.04 Å². The van der Waals surface area contributed by atoms with E-state index in [4.69, 9.17) is 5.73 Å². The quantitative estimate of drug-likeness (QED) is 0.482. The summed E-state index contributed by atoms with van der Waals surface area (Å²) in [5.74, 6) is 0.583. The first-order valence-corrected chi connectivity index (χ1v) is 2.94. The van der Waals surface area contributed by atoms with Gasteiger partial charge in [0.15, 0.2) is 0 Å². The Kier molecular flexibility index (Phi) is 1.65. The van der Waals surface area contributed by atoms with Crippen LogP contribution < -0.4 is 11.1 Å². The maximum Gasteiger partial charge on any atom is 0.0322 e. The van der Waals surface area contributed by atoms with Crippen molar-refractivity contribution in [3.63, 3.8) is 0 Å². The third-order valence-electron chi connectivity index (χ3n) is 1.63. The molecule has 0 aromatic carbocycles. The van der Waals surface area contributed by atoms with E-state index < -0.39 is 0 Å². The molecule has 0 saturated heterocycles. The molecule has 0 aromatic heterocycles. The first-order valence-electron chi connectivity index (χ1n) is 2.94. The fourth-order valence-corrected chi connectivity index (χ4v) is 0.915. The van der Waals surface area contributed by atoms with E-state index in [-0.39, 0.29) is 0 Å². The molecule has 1 rings (SSSR count). The minimum Gasteiger partial charge on any atom is -0.330 e. The smallest absolute Gasteiger partial charge is 0.0322 e. The summed E-state index contributed by atoms with van der Waals surface area (Å²) in [7, 11) is 1.96. The number of nitrogens with one attached hydrogen (secondary N) is 1. The molecular weight excluding hydrogens is 100 g/mol. The largest absolute Gasteiger partial charge is 0.330 e. The number of hydrogen-bond acceptors (Lipinski definition) is 2. The van der Waals surface area contributed by atoms with E-state index in [0.717, 1.165) is 6.54 Å². The monoisotopic (exact) mass is 112 g/mol. The summed E-state index contributed by atoms with van der Waals surface area (Å²) in [6.45, 7) is 0.766. The molecular formula is C6H12N2. The van der Waals surface area contributed by atoms with Gasteiger partial charge in [-0.3, -0.25) is 0 Å². The highest BCUT2D eigenvalue weighted by Gasteiger charge is 2.19. The van der Waals surface area contributed by atoms with Crippen LogP contribution in [0.2, 0.25) is 0 Å². The molecule has 0 aromatic rings. The summed E-state index contributed by atoms with van der Waals surface area (Å²) in [5.41, 5.74) is 5.41. The van der Waals surface area contributed by atoms with Crippen LogP contribution in [0.4, 0.5) is 0 Å². The van der Waals surface area contributed by atoms with Gasteiger partial charge >= 0.3 is 0 Å². The predicted octanol–water partition coefficient (Wildman–Crippen LogP) is -0.281. The Hall–Kier alpha value is -0.340. The van der Waals surface area contributed by atoms with Gasteiger partial charge in [-0.05, 0) is 7.05 Å². The molecule has 2 atom stereocenters. The van der Waals surface area contributed by atoms with Crippen molar-refractivity contribution in [1.82, 2.24) is 5.32 Å². The molecule has 0 spiro atoms. The van der Waals surface area contributed by atoms with E-state index in [9.17, 15) is 0 Å². The fourth-order valence-electron chi connectivity index (χ4n) is 0.915. The zero-order valence-corrected chi connectivity index (χ0v) is 5.09. The Morgan fingerprint density at radius 2 is 2.38 bits per heavy atom. The third kappa shape index (κ3) is 0.767. The van der Waals surface area contributed by atoms with Gasteiger partial charge in [-0.1, -0.05) is 12.2 Å². The Balaban J connectivity index is 2.30. The van der Waals surface area contributed by atoms with Gasteiger partial charge in [-0.2, -0.15) is 0 Å². The van der Waals surface area contributed by atoms with E-state index in [1.165, 1.54) is 0 Å². The average Bonchev–Trinajstić information content (AvgIpc) is 1.66.